The Balaban J connectivity index is 2.26. The summed E-state index contributed by atoms with van der Waals surface area (Å²) in [4.78, 5) is 4.47. The highest BCUT2D eigenvalue weighted by molar-refractivity contribution is 5.80. The normalized spacial score (nSPS) is 11.0. The molecule has 0 bridgehead atoms. The zero-order chi connectivity index (χ0) is 12.5. The highest BCUT2D eigenvalue weighted by atomic mass is 15.3. The van der Waals surface area contributed by atoms with Crippen molar-refractivity contribution in [2.45, 2.75) is 13.5 Å². The van der Waals surface area contributed by atoms with Crippen LogP contribution in [0.25, 0.3) is 16.7 Å². The maximum Gasteiger partial charge on any atom is 0.163 e. The van der Waals surface area contributed by atoms with E-state index in [0.717, 1.165) is 28.0 Å². The Morgan fingerprint density at radius 3 is 2.72 bits per heavy atom. The zero-order valence-electron chi connectivity index (χ0n) is 10.2. The Labute approximate surface area is 105 Å². The van der Waals surface area contributed by atoms with E-state index in [9.17, 15) is 0 Å². The molecule has 2 heterocycles. The predicted molar refractivity (Wildman–Crippen MR) is 71.5 cm³/mol. The van der Waals surface area contributed by atoms with Crippen LogP contribution in [0.15, 0.2) is 42.6 Å². The lowest BCUT2D eigenvalue weighted by atomic mass is 10.2. The third kappa shape index (κ3) is 1.67. The van der Waals surface area contributed by atoms with Gasteiger partial charge in [0.15, 0.2) is 5.65 Å². The van der Waals surface area contributed by atoms with Gasteiger partial charge < -0.3 is 5.73 Å². The summed E-state index contributed by atoms with van der Waals surface area (Å²) in [6.45, 7) is 2.49. The first kappa shape index (κ1) is 10.9. The number of para-hydroxylation sites is 1. The molecule has 90 valence electrons. The smallest absolute Gasteiger partial charge is 0.163 e. The van der Waals surface area contributed by atoms with Crippen LogP contribution < -0.4 is 5.73 Å². The molecule has 2 aromatic heterocycles. The van der Waals surface area contributed by atoms with Crippen molar-refractivity contribution in [2.75, 3.05) is 0 Å². The molecule has 0 saturated heterocycles. The fraction of sp³-hybridized carbons (Fsp3) is 0.143. The molecular formula is C14H14N4. The molecule has 0 spiro atoms. The minimum Gasteiger partial charge on any atom is -0.326 e. The van der Waals surface area contributed by atoms with E-state index >= 15 is 0 Å². The number of hydrogen-bond acceptors (Lipinski definition) is 3. The maximum atomic E-state index is 5.64. The van der Waals surface area contributed by atoms with Gasteiger partial charge in [-0.3, -0.25) is 0 Å². The molecule has 0 aliphatic carbocycles. The first-order valence-corrected chi connectivity index (χ1v) is 5.89. The molecule has 3 rings (SSSR count). The molecule has 0 fully saturated rings. The van der Waals surface area contributed by atoms with Gasteiger partial charge in [-0.1, -0.05) is 18.2 Å². The second kappa shape index (κ2) is 4.23. The molecule has 0 unspecified atom stereocenters. The zero-order valence-corrected chi connectivity index (χ0v) is 10.2. The molecule has 4 nitrogen and oxygen atoms in total. The van der Waals surface area contributed by atoms with Crippen LogP contribution in [0.1, 0.15) is 11.3 Å². The number of aryl methyl sites for hydroxylation is 1. The van der Waals surface area contributed by atoms with Crippen molar-refractivity contribution in [3.05, 3.63) is 53.9 Å². The summed E-state index contributed by atoms with van der Waals surface area (Å²) in [5.74, 6) is 0. The van der Waals surface area contributed by atoms with Crippen LogP contribution in [0.3, 0.4) is 0 Å². The van der Waals surface area contributed by atoms with Crippen LogP contribution in [-0.4, -0.2) is 14.8 Å². The summed E-state index contributed by atoms with van der Waals surface area (Å²) in [6, 6.07) is 12.1. The predicted octanol–water partition coefficient (Wildman–Crippen LogP) is 2.19. The lowest BCUT2D eigenvalue weighted by Gasteiger charge is -2.02. The second-order valence-electron chi connectivity index (χ2n) is 4.25. The van der Waals surface area contributed by atoms with Crippen molar-refractivity contribution >= 4 is 11.0 Å². The van der Waals surface area contributed by atoms with Gasteiger partial charge in [-0.05, 0) is 30.7 Å². The summed E-state index contributed by atoms with van der Waals surface area (Å²) in [7, 11) is 0. The quantitative estimate of drug-likeness (QED) is 0.744. The third-order valence-electron chi connectivity index (χ3n) is 3.00. The molecule has 0 radical (unpaired) electrons. The number of aromatic nitrogens is 3. The van der Waals surface area contributed by atoms with Crippen molar-refractivity contribution in [3.63, 3.8) is 0 Å². The number of nitrogens with zero attached hydrogens (tertiary/aromatic N) is 3. The van der Waals surface area contributed by atoms with E-state index in [4.69, 9.17) is 5.73 Å². The highest BCUT2D eigenvalue weighted by Crippen LogP contribution is 2.20. The van der Waals surface area contributed by atoms with Crippen LogP contribution in [0.5, 0.6) is 0 Å². The van der Waals surface area contributed by atoms with E-state index in [2.05, 4.69) is 16.1 Å². The number of pyridine rings is 1. The van der Waals surface area contributed by atoms with Crippen LogP contribution in [0.4, 0.5) is 0 Å². The summed E-state index contributed by atoms with van der Waals surface area (Å²) < 4.78 is 1.87. The van der Waals surface area contributed by atoms with Crippen molar-refractivity contribution < 1.29 is 0 Å². The number of fused-ring (bicyclic) bond motifs is 1. The molecule has 0 saturated carbocycles. The standard InChI is InChI=1S/C14H14N4/c1-10-13-7-11(8-15)9-16-14(13)18(17-10)12-5-3-2-4-6-12/h2-7,9H,8,15H2,1H3. The summed E-state index contributed by atoms with van der Waals surface area (Å²) in [5.41, 5.74) is 9.53. The Bertz CT molecular complexity index is 686. The molecule has 1 aromatic carbocycles. The minimum absolute atomic E-state index is 0.499. The molecule has 0 aliphatic heterocycles. The van der Waals surface area contributed by atoms with Gasteiger partial charge in [0.05, 0.1) is 11.4 Å². The van der Waals surface area contributed by atoms with Gasteiger partial charge in [0, 0.05) is 18.1 Å². The summed E-state index contributed by atoms with van der Waals surface area (Å²) >= 11 is 0. The average Bonchev–Trinajstić information content (AvgIpc) is 2.77. The van der Waals surface area contributed by atoms with Gasteiger partial charge in [-0.2, -0.15) is 5.10 Å². The van der Waals surface area contributed by atoms with Crippen molar-refractivity contribution in [1.29, 1.82) is 0 Å². The van der Waals surface area contributed by atoms with Crippen LogP contribution >= 0.6 is 0 Å². The van der Waals surface area contributed by atoms with E-state index < -0.39 is 0 Å². The van der Waals surface area contributed by atoms with Crippen molar-refractivity contribution in [1.82, 2.24) is 14.8 Å². The largest absolute Gasteiger partial charge is 0.326 e. The Hall–Kier alpha value is -2.20. The maximum absolute atomic E-state index is 5.64. The first-order chi connectivity index (χ1) is 8.79. The number of benzene rings is 1. The molecule has 2 N–H and O–H groups in total. The molecule has 18 heavy (non-hydrogen) atoms. The van der Waals surface area contributed by atoms with Gasteiger partial charge in [-0.25, -0.2) is 9.67 Å². The molecule has 0 amide bonds. The SMILES string of the molecule is Cc1nn(-c2ccccc2)c2ncc(CN)cc12. The number of rotatable bonds is 2. The van der Waals surface area contributed by atoms with E-state index in [-0.39, 0.29) is 0 Å². The van der Waals surface area contributed by atoms with Crippen LogP contribution in [0.2, 0.25) is 0 Å². The Morgan fingerprint density at radius 1 is 1.22 bits per heavy atom. The fourth-order valence-corrected chi connectivity index (χ4v) is 2.05. The minimum atomic E-state index is 0.499. The van der Waals surface area contributed by atoms with Gasteiger partial charge in [-0.15, -0.1) is 0 Å². The molecule has 3 aromatic rings. The van der Waals surface area contributed by atoms with Gasteiger partial charge in [0.2, 0.25) is 0 Å². The molecule has 0 aliphatic rings. The van der Waals surface area contributed by atoms with Gasteiger partial charge in [0.1, 0.15) is 0 Å². The van der Waals surface area contributed by atoms with Gasteiger partial charge in [0.25, 0.3) is 0 Å². The topological polar surface area (TPSA) is 56.7 Å². The lowest BCUT2D eigenvalue weighted by Crippen LogP contribution is -1.99. The molecule has 4 heteroatoms. The number of hydrogen-bond donors (Lipinski definition) is 1. The first-order valence-electron chi connectivity index (χ1n) is 5.89. The highest BCUT2D eigenvalue weighted by Gasteiger charge is 2.10. The average molecular weight is 238 g/mol. The lowest BCUT2D eigenvalue weighted by molar-refractivity contribution is 0.877. The second-order valence-corrected chi connectivity index (χ2v) is 4.25. The fourth-order valence-electron chi connectivity index (χ4n) is 2.05. The summed E-state index contributed by atoms with van der Waals surface area (Å²) in [6.07, 6.45) is 1.81. The Morgan fingerprint density at radius 2 is 2.00 bits per heavy atom. The monoisotopic (exact) mass is 238 g/mol. The van der Waals surface area contributed by atoms with E-state index in [1.54, 1.807) is 0 Å². The van der Waals surface area contributed by atoms with Crippen LogP contribution in [0, 0.1) is 6.92 Å². The third-order valence-corrected chi connectivity index (χ3v) is 3.00. The van der Waals surface area contributed by atoms with Gasteiger partial charge >= 0.3 is 0 Å². The van der Waals surface area contributed by atoms with Crippen molar-refractivity contribution in [3.8, 4) is 5.69 Å². The van der Waals surface area contributed by atoms with E-state index in [1.807, 2.05) is 48.1 Å². The Kier molecular flexibility index (Phi) is 2.57. The van der Waals surface area contributed by atoms with E-state index in [1.165, 1.54) is 0 Å². The van der Waals surface area contributed by atoms with Crippen LogP contribution in [-0.2, 0) is 6.54 Å². The number of nitrogens with two attached hydrogens (primary N) is 1. The molecule has 0 atom stereocenters. The van der Waals surface area contributed by atoms with Crippen molar-refractivity contribution in [2.24, 2.45) is 5.73 Å². The van der Waals surface area contributed by atoms with E-state index in [0.29, 0.717) is 6.54 Å². The summed E-state index contributed by atoms with van der Waals surface area (Å²) in [5, 5.41) is 5.61. The molecular weight excluding hydrogens is 224 g/mol.